The second kappa shape index (κ2) is 9.92. The van der Waals surface area contributed by atoms with Crippen LogP contribution in [-0.2, 0) is 10.0 Å². The number of hydrogen-bond donors (Lipinski definition) is 0. The van der Waals surface area contributed by atoms with Crippen molar-refractivity contribution < 1.29 is 22.0 Å². The minimum absolute atomic E-state index is 0.134. The molecule has 0 bridgehead atoms. The van der Waals surface area contributed by atoms with Crippen molar-refractivity contribution >= 4 is 48.8 Å². The molecular weight excluding hydrogens is 503 g/mol. The molecule has 1 aliphatic rings. The molecule has 1 saturated heterocycles. The van der Waals surface area contributed by atoms with E-state index in [1.165, 1.54) is 59.2 Å². The van der Waals surface area contributed by atoms with E-state index in [0.717, 1.165) is 29.2 Å². The Morgan fingerprint density at radius 1 is 1.25 bits per heavy atom. The highest BCUT2D eigenvalue weighted by Gasteiger charge is 2.29. The van der Waals surface area contributed by atoms with Crippen LogP contribution in [0.2, 0.25) is 0 Å². The van der Waals surface area contributed by atoms with Gasteiger partial charge >= 0.3 is 0 Å². The zero-order valence-corrected chi connectivity index (χ0v) is 21.0. The molecule has 0 N–H and O–H groups in total. The van der Waals surface area contributed by atoms with Crippen molar-refractivity contribution in [3.8, 4) is 0 Å². The summed E-state index contributed by atoms with van der Waals surface area (Å²) in [5.74, 6) is -0.197. The Bertz CT molecular complexity index is 1520. The van der Waals surface area contributed by atoms with E-state index >= 15 is 0 Å². The Balaban J connectivity index is 1.46. The van der Waals surface area contributed by atoms with Crippen LogP contribution in [0, 0.1) is 11.7 Å². The predicted molar refractivity (Wildman–Crippen MR) is 136 cm³/mol. The molecule has 1 amide bonds. The maximum absolute atomic E-state index is 13.7. The van der Waals surface area contributed by atoms with E-state index in [4.69, 9.17) is 4.42 Å². The number of halogens is 1. The highest BCUT2D eigenvalue weighted by molar-refractivity contribution is 7.89. The number of carbonyl (C=O) groups is 1. The predicted octanol–water partition coefficient (Wildman–Crippen LogP) is 5.13. The average molecular weight is 527 g/mol. The molecule has 0 spiro atoms. The second-order valence-electron chi connectivity index (χ2n) is 8.62. The van der Waals surface area contributed by atoms with Crippen molar-refractivity contribution in [2.45, 2.75) is 24.7 Å². The molecule has 11 heteroatoms. The van der Waals surface area contributed by atoms with Crippen LogP contribution < -0.4 is 5.01 Å². The Morgan fingerprint density at radius 2 is 2.06 bits per heavy atom. The molecule has 2 aromatic heterocycles. The molecule has 1 unspecified atom stereocenters. The van der Waals surface area contributed by atoms with Gasteiger partial charge in [-0.1, -0.05) is 18.3 Å². The third kappa shape index (κ3) is 4.95. The molecule has 0 radical (unpaired) electrons. The van der Waals surface area contributed by atoms with Gasteiger partial charge in [0.2, 0.25) is 15.2 Å². The maximum Gasteiger partial charge on any atom is 0.280 e. The normalized spacial score (nSPS) is 17.1. The van der Waals surface area contributed by atoms with Crippen LogP contribution in [0.3, 0.4) is 0 Å². The second-order valence-corrected chi connectivity index (χ2v) is 11.6. The number of furan rings is 1. The molecule has 4 aromatic rings. The summed E-state index contributed by atoms with van der Waals surface area (Å²) in [7, 11) is -3.65. The molecule has 5 rings (SSSR count). The number of anilines is 1. The third-order valence-corrected chi connectivity index (χ3v) is 8.79. The van der Waals surface area contributed by atoms with Gasteiger partial charge in [-0.05, 0) is 73.4 Å². The number of piperidine rings is 1. The standard InChI is InChI=1S/C25H23FN4O4S2/c1-17-4-2-12-29(16-17)36(32,33)21-9-6-18(7-10-21)24(31)30(27-15-20-5-3-13-34-20)25-28-22-11-8-19(26)14-23(22)35-25/h3,5-11,13-15,17H,2,4,12,16H2,1H3/b27-15+. The summed E-state index contributed by atoms with van der Waals surface area (Å²) >= 11 is 1.11. The average Bonchev–Trinajstić information content (AvgIpc) is 3.54. The number of benzene rings is 2. The van der Waals surface area contributed by atoms with Gasteiger partial charge < -0.3 is 4.42 Å². The molecule has 1 aliphatic heterocycles. The van der Waals surface area contributed by atoms with Crippen LogP contribution in [0.25, 0.3) is 10.2 Å². The van der Waals surface area contributed by atoms with Crippen molar-refractivity contribution in [2.75, 3.05) is 18.1 Å². The number of thiazole rings is 1. The lowest BCUT2D eigenvalue weighted by molar-refractivity contribution is 0.0987. The van der Waals surface area contributed by atoms with Gasteiger partial charge in [0.25, 0.3) is 5.91 Å². The van der Waals surface area contributed by atoms with Crippen LogP contribution >= 0.6 is 11.3 Å². The zero-order chi connectivity index (χ0) is 25.3. The quantitative estimate of drug-likeness (QED) is 0.256. The fourth-order valence-electron chi connectivity index (χ4n) is 4.05. The van der Waals surface area contributed by atoms with Gasteiger partial charge in [-0.25, -0.2) is 17.8 Å². The highest BCUT2D eigenvalue weighted by Crippen LogP contribution is 2.31. The number of sulfonamides is 1. The van der Waals surface area contributed by atoms with E-state index in [1.54, 1.807) is 12.1 Å². The number of carbonyl (C=O) groups excluding carboxylic acids is 1. The Hall–Kier alpha value is -3.41. The summed E-state index contributed by atoms with van der Waals surface area (Å²) in [5, 5.41) is 5.61. The molecule has 1 fully saturated rings. The van der Waals surface area contributed by atoms with Crippen LogP contribution in [0.5, 0.6) is 0 Å². The fraction of sp³-hybridized carbons (Fsp3) is 0.240. The minimum Gasteiger partial charge on any atom is -0.463 e. The lowest BCUT2D eigenvalue weighted by atomic mass is 10.0. The van der Waals surface area contributed by atoms with E-state index in [0.29, 0.717) is 35.0 Å². The summed E-state index contributed by atoms with van der Waals surface area (Å²) in [6.45, 7) is 3.01. The maximum atomic E-state index is 13.7. The van der Waals surface area contributed by atoms with Crippen molar-refractivity contribution in [2.24, 2.45) is 11.0 Å². The summed E-state index contributed by atoms with van der Waals surface area (Å²) in [4.78, 5) is 18.0. The van der Waals surface area contributed by atoms with Gasteiger partial charge in [-0.2, -0.15) is 14.4 Å². The first-order valence-corrected chi connectivity index (χ1v) is 13.7. The highest BCUT2D eigenvalue weighted by atomic mass is 32.2. The zero-order valence-electron chi connectivity index (χ0n) is 19.4. The number of hydrogen-bond acceptors (Lipinski definition) is 7. The van der Waals surface area contributed by atoms with Gasteiger partial charge in [0.05, 0.1) is 27.6 Å². The van der Waals surface area contributed by atoms with E-state index in [2.05, 4.69) is 10.1 Å². The largest absolute Gasteiger partial charge is 0.463 e. The smallest absolute Gasteiger partial charge is 0.280 e. The molecular formula is C25H23FN4O4S2. The van der Waals surface area contributed by atoms with E-state index in [1.807, 2.05) is 6.92 Å². The van der Waals surface area contributed by atoms with Crippen molar-refractivity contribution in [1.29, 1.82) is 0 Å². The molecule has 1 atom stereocenters. The molecule has 0 saturated carbocycles. The van der Waals surface area contributed by atoms with Gasteiger partial charge in [0.15, 0.2) is 0 Å². The first kappa shape index (κ1) is 24.3. The number of aromatic nitrogens is 1. The minimum atomic E-state index is -3.65. The van der Waals surface area contributed by atoms with Gasteiger partial charge in [-0.3, -0.25) is 4.79 Å². The molecule has 36 heavy (non-hydrogen) atoms. The number of nitrogens with zero attached hydrogens (tertiary/aromatic N) is 4. The first-order valence-electron chi connectivity index (χ1n) is 11.4. The van der Waals surface area contributed by atoms with Crippen LogP contribution in [0.15, 0.2) is 75.3 Å². The van der Waals surface area contributed by atoms with Crippen molar-refractivity contribution in [3.63, 3.8) is 0 Å². The summed E-state index contributed by atoms with van der Waals surface area (Å²) in [5.41, 5.74) is 0.752. The Kier molecular flexibility index (Phi) is 6.69. The van der Waals surface area contributed by atoms with Crippen molar-refractivity contribution in [3.05, 3.63) is 78.0 Å². The molecule has 3 heterocycles. The molecule has 8 nitrogen and oxygen atoms in total. The Morgan fingerprint density at radius 3 is 2.78 bits per heavy atom. The van der Waals surface area contributed by atoms with Gasteiger partial charge in [-0.15, -0.1) is 0 Å². The summed E-state index contributed by atoms with van der Waals surface area (Å²) in [6.07, 6.45) is 4.69. The number of fused-ring (bicyclic) bond motifs is 1. The first-order chi connectivity index (χ1) is 17.3. The van der Waals surface area contributed by atoms with Crippen LogP contribution in [-0.4, -0.2) is 42.9 Å². The van der Waals surface area contributed by atoms with E-state index < -0.39 is 21.7 Å². The number of hydrazone groups is 1. The lowest BCUT2D eigenvalue weighted by Gasteiger charge is -2.30. The van der Waals surface area contributed by atoms with Gasteiger partial charge in [0.1, 0.15) is 11.6 Å². The lowest BCUT2D eigenvalue weighted by Crippen LogP contribution is -2.39. The molecule has 2 aromatic carbocycles. The topological polar surface area (TPSA) is 96.1 Å². The Labute approximate surface area is 211 Å². The molecule has 0 aliphatic carbocycles. The number of rotatable bonds is 6. The summed E-state index contributed by atoms with van der Waals surface area (Å²) < 4.78 is 47.2. The van der Waals surface area contributed by atoms with Gasteiger partial charge in [0, 0.05) is 18.7 Å². The fourth-order valence-corrected chi connectivity index (χ4v) is 6.60. The van der Waals surface area contributed by atoms with E-state index in [-0.39, 0.29) is 15.6 Å². The third-order valence-electron chi connectivity index (χ3n) is 5.92. The number of amides is 1. The van der Waals surface area contributed by atoms with Crippen LogP contribution in [0.4, 0.5) is 9.52 Å². The monoisotopic (exact) mass is 526 g/mol. The SMILES string of the molecule is CC1CCCN(S(=O)(=O)c2ccc(C(=O)N(/N=C/c3ccco3)c3nc4ccc(F)cc4s3)cc2)C1. The molecule has 186 valence electrons. The van der Waals surface area contributed by atoms with Crippen molar-refractivity contribution in [1.82, 2.24) is 9.29 Å². The van der Waals surface area contributed by atoms with E-state index in [9.17, 15) is 17.6 Å². The summed E-state index contributed by atoms with van der Waals surface area (Å²) in [6, 6.07) is 13.3. The van der Waals surface area contributed by atoms with Crippen LogP contribution in [0.1, 0.15) is 35.9 Å².